The zero-order valence-electron chi connectivity index (χ0n) is 10.8. The van der Waals surface area contributed by atoms with Gasteiger partial charge in [0.1, 0.15) is 11.6 Å². The van der Waals surface area contributed by atoms with Crippen LogP contribution in [0.1, 0.15) is 11.3 Å². The highest BCUT2D eigenvalue weighted by molar-refractivity contribution is 7.98. The van der Waals surface area contributed by atoms with Gasteiger partial charge in [0.25, 0.3) is 0 Å². The fourth-order valence-corrected chi connectivity index (χ4v) is 2.02. The molecule has 0 atom stereocenters. The van der Waals surface area contributed by atoms with Crippen molar-refractivity contribution in [2.75, 3.05) is 6.26 Å². The zero-order chi connectivity index (χ0) is 13.8. The Kier molecular flexibility index (Phi) is 4.06. The number of nitrogens with zero attached hydrogens (tertiary/aromatic N) is 1. The molecule has 0 saturated carbocycles. The maximum Gasteiger partial charge on any atom is 0.220 e. The van der Waals surface area contributed by atoms with Crippen molar-refractivity contribution < 1.29 is 4.74 Å². The molecule has 0 amide bonds. The van der Waals surface area contributed by atoms with E-state index in [-0.39, 0.29) is 5.84 Å². The van der Waals surface area contributed by atoms with E-state index in [0.717, 1.165) is 5.69 Å². The summed E-state index contributed by atoms with van der Waals surface area (Å²) < 4.78 is 5.68. The minimum absolute atomic E-state index is 0.00748. The second-order valence-electron chi connectivity index (χ2n) is 4.03. The molecule has 0 aliphatic rings. The summed E-state index contributed by atoms with van der Waals surface area (Å²) in [6, 6.07) is 11.2. The Morgan fingerprint density at radius 1 is 1.26 bits per heavy atom. The lowest BCUT2D eigenvalue weighted by molar-refractivity contribution is 0.461. The predicted octanol–water partition coefficient (Wildman–Crippen LogP) is 3.19. The minimum atomic E-state index is 0.00748. The van der Waals surface area contributed by atoms with E-state index in [0.29, 0.717) is 17.2 Å². The van der Waals surface area contributed by atoms with Gasteiger partial charge in [-0.25, -0.2) is 4.98 Å². The summed E-state index contributed by atoms with van der Waals surface area (Å²) in [5.41, 5.74) is 6.86. The summed E-state index contributed by atoms with van der Waals surface area (Å²) in [4.78, 5) is 5.45. The van der Waals surface area contributed by atoms with Crippen molar-refractivity contribution in [2.45, 2.75) is 11.8 Å². The molecule has 19 heavy (non-hydrogen) atoms. The number of nitrogens with one attached hydrogen (secondary N) is 1. The van der Waals surface area contributed by atoms with Gasteiger partial charge in [0.2, 0.25) is 5.88 Å². The number of hydrogen-bond donors (Lipinski definition) is 2. The summed E-state index contributed by atoms with van der Waals surface area (Å²) in [6.45, 7) is 1.84. The van der Waals surface area contributed by atoms with Gasteiger partial charge in [0.05, 0.1) is 0 Å². The van der Waals surface area contributed by atoms with Crippen LogP contribution in [0.3, 0.4) is 0 Å². The maximum absolute atomic E-state index is 7.45. The van der Waals surface area contributed by atoms with Crippen molar-refractivity contribution in [3.8, 4) is 11.6 Å². The lowest BCUT2D eigenvalue weighted by atomic mass is 10.2. The second-order valence-corrected chi connectivity index (χ2v) is 4.91. The smallest absolute Gasteiger partial charge is 0.220 e. The Bertz CT molecular complexity index is 596. The average molecular weight is 273 g/mol. The number of nitrogen functional groups attached to an aromatic ring is 1. The molecule has 98 valence electrons. The molecule has 0 bridgehead atoms. The van der Waals surface area contributed by atoms with Gasteiger partial charge in [-0.1, -0.05) is 0 Å². The van der Waals surface area contributed by atoms with Crippen LogP contribution in [0.5, 0.6) is 11.6 Å². The molecule has 1 heterocycles. The summed E-state index contributed by atoms with van der Waals surface area (Å²) in [7, 11) is 0. The van der Waals surface area contributed by atoms with Crippen molar-refractivity contribution in [3.63, 3.8) is 0 Å². The Labute approximate surface area is 116 Å². The molecule has 4 nitrogen and oxygen atoms in total. The van der Waals surface area contributed by atoms with Gasteiger partial charge in [-0.3, -0.25) is 5.41 Å². The van der Waals surface area contributed by atoms with E-state index in [1.807, 2.05) is 37.4 Å². The predicted molar refractivity (Wildman–Crippen MR) is 78.3 cm³/mol. The molecular weight excluding hydrogens is 258 g/mol. The van der Waals surface area contributed by atoms with E-state index < -0.39 is 0 Å². The Hall–Kier alpha value is -2.01. The summed E-state index contributed by atoms with van der Waals surface area (Å²) in [5, 5.41) is 7.45. The van der Waals surface area contributed by atoms with E-state index in [1.165, 1.54) is 4.90 Å². The highest BCUT2D eigenvalue weighted by Gasteiger charge is 2.05. The highest BCUT2D eigenvalue weighted by Crippen LogP contribution is 2.24. The molecule has 1 aromatic heterocycles. The van der Waals surface area contributed by atoms with Crippen LogP contribution in [0.2, 0.25) is 0 Å². The molecular formula is C14H15N3OS. The van der Waals surface area contributed by atoms with Crippen molar-refractivity contribution in [1.29, 1.82) is 5.41 Å². The van der Waals surface area contributed by atoms with Gasteiger partial charge in [-0.2, -0.15) is 0 Å². The second kappa shape index (κ2) is 5.75. The van der Waals surface area contributed by atoms with E-state index in [1.54, 1.807) is 23.9 Å². The van der Waals surface area contributed by atoms with Crippen LogP contribution in [0.25, 0.3) is 0 Å². The third-order valence-corrected chi connectivity index (χ3v) is 3.27. The molecule has 2 rings (SSSR count). The van der Waals surface area contributed by atoms with Gasteiger partial charge in [0.15, 0.2) is 0 Å². The highest BCUT2D eigenvalue weighted by atomic mass is 32.2. The molecule has 0 unspecified atom stereocenters. The maximum atomic E-state index is 7.45. The first-order chi connectivity index (χ1) is 9.08. The largest absolute Gasteiger partial charge is 0.439 e. The fourth-order valence-electron chi connectivity index (χ4n) is 1.61. The summed E-state index contributed by atoms with van der Waals surface area (Å²) >= 11 is 1.68. The van der Waals surface area contributed by atoms with E-state index >= 15 is 0 Å². The van der Waals surface area contributed by atoms with Crippen LogP contribution in [-0.2, 0) is 0 Å². The SMILES string of the molecule is CSc1ccc(Oc2cc(C(=N)N)cc(C)n2)cc1. The van der Waals surface area contributed by atoms with Gasteiger partial charge >= 0.3 is 0 Å². The lowest BCUT2D eigenvalue weighted by Crippen LogP contribution is -2.11. The Morgan fingerprint density at radius 2 is 1.95 bits per heavy atom. The van der Waals surface area contributed by atoms with E-state index in [4.69, 9.17) is 15.9 Å². The first kappa shape index (κ1) is 13.4. The van der Waals surface area contributed by atoms with Crippen LogP contribution in [0.15, 0.2) is 41.3 Å². The van der Waals surface area contributed by atoms with Crippen LogP contribution in [0, 0.1) is 12.3 Å². The third-order valence-electron chi connectivity index (χ3n) is 2.52. The van der Waals surface area contributed by atoms with Crippen LogP contribution >= 0.6 is 11.8 Å². The number of pyridine rings is 1. The molecule has 0 aliphatic carbocycles. The van der Waals surface area contributed by atoms with Gasteiger partial charge in [-0.15, -0.1) is 11.8 Å². The molecule has 5 heteroatoms. The van der Waals surface area contributed by atoms with Crippen molar-refractivity contribution >= 4 is 17.6 Å². The topological polar surface area (TPSA) is 72.0 Å². The summed E-state index contributed by atoms with van der Waals surface area (Å²) in [5.74, 6) is 1.17. The fraction of sp³-hybridized carbons (Fsp3) is 0.143. The normalized spacial score (nSPS) is 10.2. The average Bonchev–Trinajstić information content (AvgIpc) is 2.39. The monoisotopic (exact) mass is 273 g/mol. The van der Waals surface area contributed by atoms with E-state index in [9.17, 15) is 0 Å². The number of rotatable bonds is 4. The number of nitrogens with two attached hydrogens (primary N) is 1. The molecule has 3 N–H and O–H groups in total. The zero-order valence-corrected chi connectivity index (χ0v) is 11.6. The molecule has 0 fully saturated rings. The lowest BCUT2D eigenvalue weighted by Gasteiger charge is -2.08. The van der Waals surface area contributed by atoms with Crippen molar-refractivity contribution in [3.05, 3.63) is 47.7 Å². The van der Waals surface area contributed by atoms with Crippen LogP contribution in [-0.4, -0.2) is 17.1 Å². The van der Waals surface area contributed by atoms with Crippen LogP contribution < -0.4 is 10.5 Å². The number of thioether (sulfide) groups is 1. The standard InChI is InChI=1S/C14H15N3OS/c1-9-7-10(14(15)16)8-13(17-9)18-11-3-5-12(19-2)6-4-11/h3-8H,1-2H3,(H3,15,16). The number of ether oxygens (including phenoxy) is 1. The number of hydrogen-bond acceptors (Lipinski definition) is 4. The number of aryl methyl sites for hydroxylation is 1. The molecule has 0 aliphatic heterocycles. The van der Waals surface area contributed by atoms with Crippen LogP contribution in [0.4, 0.5) is 0 Å². The number of aromatic nitrogens is 1. The van der Waals surface area contributed by atoms with Gasteiger partial charge < -0.3 is 10.5 Å². The van der Waals surface area contributed by atoms with Gasteiger partial charge in [0, 0.05) is 22.2 Å². The van der Waals surface area contributed by atoms with E-state index in [2.05, 4.69) is 4.98 Å². The van der Waals surface area contributed by atoms with Crippen molar-refractivity contribution in [2.24, 2.45) is 5.73 Å². The Balaban J connectivity index is 2.24. The third kappa shape index (κ3) is 3.48. The minimum Gasteiger partial charge on any atom is -0.439 e. The summed E-state index contributed by atoms with van der Waals surface area (Å²) in [6.07, 6.45) is 2.02. The molecule has 0 spiro atoms. The molecule has 0 radical (unpaired) electrons. The first-order valence-corrected chi connectivity index (χ1v) is 6.96. The van der Waals surface area contributed by atoms with Gasteiger partial charge in [-0.05, 0) is 43.5 Å². The van der Waals surface area contributed by atoms with Crippen molar-refractivity contribution in [1.82, 2.24) is 4.98 Å². The molecule has 0 saturated heterocycles. The molecule has 2 aromatic rings. The first-order valence-electron chi connectivity index (χ1n) is 5.73. The quantitative estimate of drug-likeness (QED) is 0.510. The number of benzene rings is 1. The molecule has 1 aromatic carbocycles. The number of amidine groups is 1. The Morgan fingerprint density at radius 3 is 2.53 bits per heavy atom.